The van der Waals surface area contributed by atoms with Crippen molar-refractivity contribution in [2.75, 3.05) is 5.73 Å². The molecule has 1 amide bonds. The summed E-state index contributed by atoms with van der Waals surface area (Å²) in [7, 11) is 1.58. The molecule has 0 aliphatic carbocycles. The molecule has 0 spiro atoms. The normalized spacial score (nSPS) is 12.2. The van der Waals surface area contributed by atoms with Gasteiger partial charge in [-0.25, -0.2) is 8.78 Å². The molecular formula is C14H16F2N4O. The van der Waals surface area contributed by atoms with E-state index in [0.717, 1.165) is 12.1 Å². The Bertz CT molecular complexity index is 676. The van der Waals surface area contributed by atoms with Crippen molar-refractivity contribution in [2.45, 2.75) is 19.9 Å². The number of rotatable bonds is 3. The maximum absolute atomic E-state index is 13.7. The van der Waals surface area contributed by atoms with E-state index in [9.17, 15) is 13.6 Å². The Morgan fingerprint density at radius 3 is 2.43 bits per heavy atom. The van der Waals surface area contributed by atoms with Crippen LogP contribution in [0.4, 0.5) is 14.5 Å². The van der Waals surface area contributed by atoms with Crippen LogP contribution in [-0.4, -0.2) is 15.7 Å². The van der Waals surface area contributed by atoms with Gasteiger partial charge in [-0.1, -0.05) is 6.07 Å². The Labute approximate surface area is 120 Å². The zero-order chi connectivity index (χ0) is 15.7. The van der Waals surface area contributed by atoms with Crippen molar-refractivity contribution in [3.63, 3.8) is 0 Å². The van der Waals surface area contributed by atoms with Gasteiger partial charge >= 0.3 is 0 Å². The molecule has 2 rings (SSSR count). The van der Waals surface area contributed by atoms with Crippen molar-refractivity contribution >= 4 is 11.6 Å². The van der Waals surface area contributed by atoms with Gasteiger partial charge in [0, 0.05) is 12.6 Å². The number of nitrogens with two attached hydrogens (primary N) is 1. The number of aryl methyl sites for hydroxylation is 2. The van der Waals surface area contributed by atoms with Crippen LogP contribution in [-0.2, 0) is 7.05 Å². The molecule has 1 aromatic heterocycles. The molecule has 0 aliphatic heterocycles. The third kappa shape index (κ3) is 2.72. The summed E-state index contributed by atoms with van der Waals surface area (Å²) in [4.78, 5) is 12.2. The summed E-state index contributed by atoms with van der Waals surface area (Å²) in [6, 6.07) is 2.71. The molecule has 21 heavy (non-hydrogen) atoms. The van der Waals surface area contributed by atoms with Crippen LogP contribution in [0.3, 0.4) is 0 Å². The van der Waals surface area contributed by atoms with Crippen LogP contribution in [0.1, 0.15) is 34.7 Å². The SMILES string of the molecule is Cc1nn(C)c(C(=O)NC(C)c2c(F)cccc2F)c1N. The van der Waals surface area contributed by atoms with Crippen molar-refractivity contribution in [3.8, 4) is 0 Å². The van der Waals surface area contributed by atoms with Gasteiger partial charge in [0.15, 0.2) is 0 Å². The van der Waals surface area contributed by atoms with E-state index in [1.807, 2.05) is 0 Å². The lowest BCUT2D eigenvalue weighted by Gasteiger charge is -2.16. The van der Waals surface area contributed by atoms with Gasteiger partial charge in [-0.05, 0) is 26.0 Å². The van der Waals surface area contributed by atoms with Gasteiger partial charge < -0.3 is 11.1 Å². The van der Waals surface area contributed by atoms with E-state index in [4.69, 9.17) is 5.73 Å². The first-order valence-electron chi connectivity index (χ1n) is 6.36. The van der Waals surface area contributed by atoms with Crippen LogP contribution < -0.4 is 11.1 Å². The van der Waals surface area contributed by atoms with E-state index < -0.39 is 23.6 Å². The molecule has 3 N–H and O–H groups in total. The van der Waals surface area contributed by atoms with Crippen LogP contribution >= 0.6 is 0 Å². The minimum Gasteiger partial charge on any atom is -0.395 e. The molecule has 0 aliphatic rings. The first-order valence-corrected chi connectivity index (χ1v) is 6.36. The van der Waals surface area contributed by atoms with Gasteiger partial charge in [-0.2, -0.15) is 5.10 Å². The average molecular weight is 294 g/mol. The van der Waals surface area contributed by atoms with Gasteiger partial charge in [0.2, 0.25) is 0 Å². The summed E-state index contributed by atoms with van der Waals surface area (Å²) in [6.07, 6.45) is 0. The maximum Gasteiger partial charge on any atom is 0.272 e. The second-order valence-electron chi connectivity index (χ2n) is 4.80. The molecule has 1 atom stereocenters. The molecule has 0 bridgehead atoms. The molecule has 1 aromatic carbocycles. The van der Waals surface area contributed by atoms with Crippen LogP contribution in [0.15, 0.2) is 18.2 Å². The topological polar surface area (TPSA) is 72.9 Å². The number of hydrogen-bond donors (Lipinski definition) is 2. The standard InChI is InChI=1S/C14H16F2N4O/c1-7(11-9(15)5-4-6-10(11)16)18-14(21)13-12(17)8(2)19-20(13)3/h4-7H,17H2,1-3H3,(H,18,21). The zero-order valence-electron chi connectivity index (χ0n) is 11.9. The molecule has 0 saturated carbocycles. The Balaban J connectivity index is 2.27. The summed E-state index contributed by atoms with van der Waals surface area (Å²) in [5, 5.41) is 6.56. The van der Waals surface area contributed by atoms with Crippen molar-refractivity contribution < 1.29 is 13.6 Å². The summed E-state index contributed by atoms with van der Waals surface area (Å²) >= 11 is 0. The molecule has 5 nitrogen and oxygen atoms in total. The fourth-order valence-corrected chi connectivity index (χ4v) is 2.21. The molecule has 1 heterocycles. The van der Waals surface area contributed by atoms with Crippen LogP contribution in [0.5, 0.6) is 0 Å². The number of anilines is 1. The molecule has 0 saturated heterocycles. The van der Waals surface area contributed by atoms with Gasteiger partial charge in [0.05, 0.1) is 17.4 Å². The smallest absolute Gasteiger partial charge is 0.272 e. The summed E-state index contributed by atoms with van der Waals surface area (Å²) in [5.74, 6) is -1.96. The number of aromatic nitrogens is 2. The van der Waals surface area contributed by atoms with Crippen LogP contribution in [0.2, 0.25) is 0 Å². The first-order chi connectivity index (χ1) is 9.82. The molecule has 1 unspecified atom stereocenters. The molecular weight excluding hydrogens is 278 g/mol. The van der Waals surface area contributed by atoms with E-state index >= 15 is 0 Å². The Morgan fingerprint density at radius 2 is 1.95 bits per heavy atom. The van der Waals surface area contributed by atoms with Crippen molar-refractivity contribution in [2.24, 2.45) is 7.05 Å². The zero-order valence-corrected chi connectivity index (χ0v) is 11.9. The van der Waals surface area contributed by atoms with Gasteiger partial charge in [-0.3, -0.25) is 9.48 Å². The summed E-state index contributed by atoms with van der Waals surface area (Å²) in [5.41, 5.74) is 6.53. The van der Waals surface area contributed by atoms with E-state index in [1.54, 1.807) is 14.0 Å². The van der Waals surface area contributed by atoms with Crippen LogP contribution in [0.25, 0.3) is 0 Å². The third-order valence-electron chi connectivity index (χ3n) is 3.26. The van der Waals surface area contributed by atoms with E-state index in [2.05, 4.69) is 10.4 Å². The lowest BCUT2D eigenvalue weighted by Crippen LogP contribution is -2.30. The predicted molar refractivity (Wildman–Crippen MR) is 74.6 cm³/mol. The molecule has 2 aromatic rings. The van der Waals surface area contributed by atoms with Gasteiger partial charge in [0.25, 0.3) is 5.91 Å². The number of benzene rings is 1. The lowest BCUT2D eigenvalue weighted by atomic mass is 10.1. The number of amides is 1. The Morgan fingerprint density at radius 1 is 1.38 bits per heavy atom. The number of carbonyl (C=O) groups is 1. The molecule has 7 heteroatoms. The number of carbonyl (C=O) groups excluding carboxylic acids is 1. The number of nitrogen functional groups attached to an aromatic ring is 1. The van der Waals surface area contributed by atoms with E-state index in [-0.39, 0.29) is 16.9 Å². The highest BCUT2D eigenvalue weighted by Gasteiger charge is 2.22. The number of nitrogens with zero attached hydrogens (tertiary/aromatic N) is 2. The average Bonchev–Trinajstić information content (AvgIpc) is 2.62. The quantitative estimate of drug-likeness (QED) is 0.910. The molecule has 0 radical (unpaired) electrons. The number of nitrogens with one attached hydrogen (secondary N) is 1. The summed E-state index contributed by atoms with van der Waals surface area (Å²) in [6.45, 7) is 3.17. The van der Waals surface area contributed by atoms with E-state index in [1.165, 1.54) is 17.7 Å². The van der Waals surface area contributed by atoms with Crippen molar-refractivity contribution in [1.82, 2.24) is 15.1 Å². The largest absolute Gasteiger partial charge is 0.395 e. The minimum absolute atomic E-state index is 0.163. The summed E-state index contributed by atoms with van der Waals surface area (Å²) < 4.78 is 28.7. The monoisotopic (exact) mass is 294 g/mol. The molecule has 112 valence electrons. The highest BCUT2D eigenvalue weighted by molar-refractivity contribution is 5.98. The second kappa shape index (κ2) is 5.51. The fraction of sp³-hybridized carbons (Fsp3) is 0.286. The second-order valence-corrected chi connectivity index (χ2v) is 4.80. The van der Waals surface area contributed by atoms with Gasteiger partial charge in [-0.15, -0.1) is 0 Å². The predicted octanol–water partition coefficient (Wildman–Crippen LogP) is 2.08. The lowest BCUT2D eigenvalue weighted by molar-refractivity contribution is 0.0930. The highest BCUT2D eigenvalue weighted by Crippen LogP contribution is 2.22. The Kier molecular flexibility index (Phi) is 3.93. The third-order valence-corrected chi connectivity index (χ3v) is 3.26. The molecule has 0 fully saturated rings. The highest BCUT2D eigenvalue weighted by atomic mass is 19.1. The number of hydrogen-bond acceptors (Lipinski definition) is 3. The first kappa shape index (κ1) is 15.0. The van der Waals surface area contributed by atoms with E-state index in [0.29, 0.717) is 5.69 Å². The number of halogens is 2. The van der Waals surface area contributed by atoms with Crippen molar-refractivity contribution in [1.29, 1.82) is 0 Å². The van der Waals surface area contributed by atoms with Gasteiger partial charge in [0.1, 0.15) is 17.3 Å². The Hall–Kier alpha value is -2.44. The fourth-order valence-electron chi connectivity index (χ4n) is 2.21. The van der Waals surface area contributed by atoms with Crippen molar-refractivity contribution in [3.05, 3.63) is 46.8 Å². The van der Waals surface area contributed by atoms with Crippen LogP contribution in [0, 0.1) is 18.6 Å². The minimum atomic E-state index is -0.840. The maximum atomic E-state index is 13.7.